The van der Waals surface area contributed by atoms with Gasteiger partial charge in [0.15, 0.2) is 0 Å². The van der Waals surface area contributed by atoms with E-state index in [1.54, 1.807) is 30.3 Å². The quantitative estimate of drug-likeness (QED) is 0.368. The number of rotatable bonds is 10. The normalized spacial score (nSPS) is 10.8. The Morgan fingerprint density at radius 3 is 2.25 bits per heavy atom. The molecule has 2 amide bonds. The highest BCUT2D eigenvalue weighted by Crippen LogP contribution is 2.23. The van der Waals surface area contributed by atoms with Crippen LogP contribution >= 0.6 is 0 Å². The van der Waals surface area contributed by atoms with E-state index in [-0.39, 0.29) is 28.6 Å². The van der Waals surface area contributed by atoms with Crippen molar-refractivity contribution in [1.82, 2.24) is 15.0 Å². The number of sulfonamides is 1. The SMILES string of the molecule is COc1ccc(OC)c(C(=O)NCCc2ccc(S(=O)(=O)NC(=O)c3ccc(C(=O)O)nc3)cc2)c1. The summed E-state index contributed by atoms with van der Waals surface area (Å²) in [5.41, 5.74) is 0.695. The summed E-state index contributed by atoms with van der Waals surface area (Å²) >= 11 is 0. The first kappa shape index (κ1) is 26.2. The van der Waals surface area contributed by atoms with Crippen LogP contribution in [0.5, 0.6) is 11.5 Å². The van der Waals surface area contributed by atoms with Crippen LogP contribution in [-0.4, -0.2) is 57.1 Å². The lowest BCUT2D eigenvalue weighted by molar-refractivity contribution is 0.0689. The number of pyridine rings is 1. The van der Waals surface area contributed by atoms with E-state index in [9.17, 15) is 22.8 Å². The van der Waals surface area contributed by atoms with Gasteiger partial charge in [0.2, 0.25) is 0 Å². The summed E-state index contributed by atoms with van der Waals surface area (Å²) in [7, 11) is -1.22. The molecule has 0 aliphatic carbocycles. The Morgan fingerprint density at radius 1 is 0.944 bits per heavy atom. The highest BCUT2D eigenvalue weighted by molar-refractivity contribution is 7.90. The minimum atomic E-state index is -4.17. The Labute approximate surface area is 207 Å². The zero-order valence-electron chi connectivity index (χ0n) is 19.3. The predicted molar refractivity (Wildman–Crippen MR) is 128 cm³/mol. The van der Waals surface area contributed by atoms with Crippen molar-refractivity contribution >= 4 is 27.8 Å². The molecule has 11 nitrogen and oxygen atoms in total. The monoisotopic (exact) mass is 513 g/mol. The van der Waals surface area contributed by atoms with Gasteiger partial charge in [-0.2, -0.15) is 0 Å². The van der Waals surface area contributed by atoms with Crippen LogP contribution in [-0.2, 0) is 16.4 Å². The van der Waals surface area contributed by atoms with E-state index < -0.39 is 21.9 Å². The number of ether oxygens (including phenoxy) is 2. The first-order valence-corrected chi connectivity index (χ1v) is 12.0. The Morgan fingerprint density at radius 2 is 1.67 bits per heavy atom. The van der Waals surface area contributed by atoms with Crippen molar-refractivity contribution in [2.75, 3.05) is 20.8 Å². The lowest BCUT2D eigenvalue weighted by atomic mass is 10.1. The lowest BCUT2D eigenvalue weighted by Crippen LogP contribution is -2.30. The van der Waals surface area contributed by atoms with Crippen molar-refractivity contribution in [2.24, 2.45) is 0 Å². The molecule has 0 spiro atoms. The van der Waals surface area contributed by atoms with Gasteiger partial charge in [-0.1, -0.05) is 12.1 Å². The van der Waals surface area contributed by atoms with Crippen molar-refractivity contribution in [3.05, 3.63) is 83.2 Å². The summed E-state index contributed by atoms with van der Waals surface area (Å²) in [6, 6.07) is 13.0. The van der Waals surface area contributed by atoms with E-state index in [1.165, 1.54) is 32.4 Å². The second-order valence-electron chi connectivity index (χ2n) is 7.39. The fraction of sp³-hybridized carbons (Fsp3) is 0.167. The van der Waals surface area contributed by atoms with Crippen molar-refractivity contribution in [2.45, 2.75) is 11.3 Å². The summed E-state index contributed by atoms with van der Waals surface area (Å²) in [5.74, 6) is -1.65. The highest BCUT2D eigenvalue weighted by Gasteiger charge is 2.19. The van der Waals surface area contributed by atoms with Crippen molar-refractivity contribution in [1.29, 1.82) is 0 Å². The fourth-order valence-electron chi connectivity index (χ4n) is 3.14. The van der Waals surface area contributed by atoms with Crippen molar-refractivity contribution in [3.63, 3.8) is 0 Å². The molecule has 2 aromatic carbocycles. The maximum Gasteiger partial charge on any atom is 0.354 e. The number of carbonyl (C=O) groups is 3. The van der Waals surface area contributed by atoms with E-state index in [2.05, 4.69) is 10.3 Å². The molecule has 1 heterocycles. The van der Waals surface area contributed by atoms with Gasteiger partial charge in [-0.05, 0) is 54.4 Å². The average molecular weight is 514 g/mol. The standard InChI is InChI=1S/C24H23N3O8S/c1-34-17-6-10-21(35-2)19(13-17)23(29)25-12-11-15-3-7-18(8-4-15)36(32,33)27-22(28)16-5-9-20(24(30)31)26-14-16/h3-10,13-14H,11-12H2,1-2H3,(H,25,29)(H,27,28)(H,30,31). The number of nitrogens with zero attached hydrogens (tertiary/aromatic N) is 1. The molecule has 3 N–H and O–H groups in total. The number of hydrogen-bond acceptors (Lipinski definition) is 8. The molecule has 36 heavy (non-hydrogen) atoms. The minimum absolute atomic E-state index is 0.108. The maximum atomic E-state index is 12.5. The molecule has 0 aliphatic heterocycles. The molecule has 188 valence electrons. The van der Waals surface area contributed by atoms with Crippen LogP contribution in [0.1, 0.15) is 36.8 Å². The third kappa shape index (κ3) is 6.36. The number of amides is 2. The topological polar surface area (TPSA) is 161 Å². The van der Waals surface area contributed by atoms with Crippen LogP contribution in [0.3, 0.4) is 0 Å². The summed E-state index contributed by atoms with van der Waals surface area (Å²) in [6.07, 6.45) is 1.40. The molecule has 3 rings (SSSR count). The van der Waals surface area contributed by atoms with Crippen LogP contribution in [0.2, 0.25) is 0 Å². The van der Waals surface area contributed by atoms with E-state index in [1.807, 2.05) is 4.72 Å². The summed E-state index contributed by atoms with van der Waals surface area (Å²) in [6.45, 7) is 0.279. The van der Waals surface area contributed by atoms with Gasteiger partial charge >= 0.3 is 5.97 Å². The molecule has 0 aliphatic rings. The van der Waals surface area contributed by atoms with Crippen LogP contribution in [0.4, 0.5) is 0 Å². The van der Waals surface area contributed by atoms with Gasteiger partial charge in [0.25, 0.3) is 21.8 Å². The van der Waals surface area contributed by atoms with Gasteiger partial charge < -0.3 is 19.9 Å². The molecule has 12 heteroatoms. The molecule has 3 aromatic rings. The second kappa shape index (κ2) is 11.3. The number of carboxylic acids is 1. The van der Waals surface area contributed by atoms with Gasteiger partial charge in [0.1, 0.15) is 17.2 Å². The number of hydrogen-bond donors (Lipinski definition) is 3. The van der Waals surface area contributed by atoms with Gasteiger partial charge in [-0.15, -0.1) is 0 Å². The van der Waals surface area contributed by atoms with Crippen LogP contribution < -0.4 is 19.5 Å². The number of aromatic carboxylic acids is 1. The maximum absolute atomic E-state index is 12.5. The third-order valence-corrected chi connectivity index (χ3v) is 6.40. The van der Waals surface area contributed by atoms with Crippen LogP contribution in [0.15, 0.2) is 65.7 Å². The summed E-state index contributed by atoms with van der Waals surface area (Å²) < 4.78 is 37.4. The van der Waals surface area contributed by atoms with E-state index in [0.29, 0.717) is 23.5 Å². The Bertz CT molecular complexity index is 1370. The predicted octanol–water partition coefficient (Wildman–Crippen LogP) is 1.89. The van der Waals surface area contributed by atoms with Gasteiger partial charge in [-0.3, -0.25) is 9.59 Å². The fourth-order valence-corrected chi connectivity index (χ4v) is 4.11. The zero-order valence-corrected chi connectivity index (χ0v) is 20.2. The largest absolute Gasteiger partial charge is 0.497 e. The van der Waals surface area contributed by atoms with E-state index in [4.69, 9.17) is 14.6 Å². The molecular formula is C24H23N3O8S. The molecule has 0 atom stereocenters. The molecule has 0 saturated carbocycles. The lowest BCUT2D eigenvalue weighted by Gasteiger charge is -2.11. The van der Waals surface area contributed by atoms with Gasteiger partial charge in [0, 0.05) is 12.7 Å². The van der Waals surface area contributed by atoms with Gasteiger partial charge in [-0.25, -0.2) is 22.9 Å². The third-order valence-electron chi connectivity index (χ3n) is 5.06. The minimum Gasteiger partial charge on any atom is -0.497 e. The average Bonchev–Trinajstić information content (AvgIpc) is 2.88. The zero-order chi connectivity index (χ0) is 26.3. The number of carboxylic acid groups (broad SMARTS) is 1. The number of methoxy groups -OCH3 is 2. The first-order valence-electron chi connectivity index (χ1n) is 10.5. The molecule has 0 saturated heterocycles. The molecule has 0 fully saturated rings. The molecule has 0 radical (unpaired) electrons. The number of carbonyl (C=O) groups excluding carboxylic acids is 2. The Balaban J connectivity index is 1.59. The van der Waals surface area contributed by atoms with Crippen LogP contribution in [0.25, 0.3) is 0 Å². The van der Waals surface area contributed by atoms with E-state index >= 15 is 0 Å². The van der Waals surface area contributed by atoms with Crippen LogP contribution in [0, 0.1) is 0 Å². The summed E-state index contributed by atoms with van der Waals surface area (Å²) in [5, 5.41) is 11.6. The van der Waals surface area contributed by atoms with Crippen molar-refractivity contribution in [3.8, 4) is 11.5 Å². The van der Waals surface area contributed by atoms with Crippen molar-refractivity contribution < 1.29 is 37.4 Å². The Hall–Kier alpha value is -4.45. The van der Waals surface area contributed by atoms with Gasteiger partial charge in [0.05, 0.1) is 30.2 Å². The van der Waals surface area contributed by atoms with E-state index in [0.717, 1.165) is 17.8 Å². The molecular weight excluding hydrogens is 490 g/mol. The molecule has 0 bridgehead atoms. The molecule has 0 unspecified atom stereocenters. The number of aromatic nitrogens is 1. The first-order chi connectivity index (χ1) is 17.1. The smallest absolute Gasteiger partial charge is 0.354 e. The highest BCUT2D eigenvalue weighted by atomic mass is 32.2. The summed E-state index contributed by atoms with van der Waals surface area (Å²) in [4.78, 5) is 39.1. The number of nitrogens with one attached hydrogen (secondary N) is 2. The second-order valence-corrected chi connectivity index (χ2v) is 9.07. The number of benzene rings is 2. The molecule has 1 aromatic heterocycles. The Kier molecular flexibility index (Phi) is 8.22.